The summed E-state index contributed by atoms with van der Waals surface area (Å²) in [7, 11) is 0. The molecular weight excluding hydrogens is 350 g/mol. The quantitative estimate of drug-likeness (QED) is 0.696. The van der Waals surface area contributed by atoms with E-state index in [2.05, 4.69) is 15.3 Å². The number of hydrogen-bond acceptors (Lipinski definition) is 3. The summed E-state index contributed by atoms with van der Waals surface area (Å²) in [5.41, 5.74) is -0.0137. The van der Waals surface area contributed by atoms with Gasteiger partial charge in [0.05, 0.1) is 5.56 Å². The zero-order valence-electron chi connectivity index (χ0n) is 13.1. The Labute approximate surface area is 145 Å². The summed E-state index contributed by atoms with van der Waals surface area (Å²) in [4.78, 5) is 19.7. The van der Waals surface area contributed by atoms with E-state index >= 15 is 0 Å². The lowest BCUT2D eigenvalue weighted by Crippen LogP contribution is -2.13. The van der Waals surface area contributed by atoms with E-state index in [-0.39, 0.29) is 17.1 Å². The molecule has 0 bridgehead atoms. The minimum absolute atomic E-state index is 0.0113. The summed E-state index contributed by atoms with van der Waals surface area (Å²) in [6.07, 6.45) is -2.40. The number of rotatable bonds is 3. The predicted molar refractivity (Wildman–Crippen MR) is 86.8 cm³/mol. The highest BCUT2D eigenvalue weighted by atomic mass is 19.4. The molecule has 0 saturated heterocycles. The van der Waals surface area contributed by atoms with Crippen LogP contribution in [0.3, 0.4) is 0 Å². The molecule has 0 aliphatic heterocycles. The van der Waals surface area contributed by atoms with Gasteiger partial charge < -0.3 is 5.32 Å². The highest BCUT2D eigenvalue weighted by molar-refractivity contribution is 6.03. The molecule has 2 heterocycles. The summed E-state index contributed by atoms with van der Waals surface area (Å²) in [6.45, 7) is 0. The first-order valence-electron chi connectivity index (χ1n) is 7.40. The maximum absolute atomic E-state index is 13.7. The Kier molecular flexibility index (Phi) is 4.66. The van der Waals surface area contributed by atoms with Crippen LogP contribution >= 0.6 is 0 Å². The molecule has 3 rings (SSSR count). The summed E-state index contributed by atoms with van der Waals surface area (Å²) in [5, 5.41) is 2.40. The van der Waals surface area contributed by atoms with Gasteiger partial charge in [-0.2, -0.15) is 13.2 Å². The molecule has 2 aromatic heterocycles. The monoisotopic (exact) mass is 361 g/mol. The van der Waals surface area contributed by atoms with E-state index in [0.717, 1.165) is 12.1 Å². The lowest BCUT2D eigenvalue weighted by atomic mass is 10.1. The fraction of sp³-hybridized carbons (Fsp3) is 0.0556. The van der Waals surface area contributed by atoms with Crippen molar-refractivity contribution in [1.29, 1.82) is 0 Å². The summed E-state index contributed by atoms with van der Waals surface area (Å²) < 4.78 is 51.2. The summed E-state index contributed by atoms with van der Waals surface area (Å²) >= 11 is 0. The van der Waals surface area contributed by atoms with E-state index < -0.39 is 23.5 Å². The first kappa shape index (κ1) is 17.5. The third-order valence-corrected chi connectivity index (χ3v) is 3.51. The van der Waals surface area contributed by atoms with Gasteiger partial charge in [0, 0.05) is 23.5 Å². The SMILES string of the molecule is O=C(Nc1ccc(C(F)(F)F)cn1)c1ccc(-c2ncccc2F)cc1. The minimum atomic E-state index is -4.49. The molecule has 0 fully saturated rings. The van der Waals surface area contributed by atoms with Crippen molar-refractivity contribution in [2.24, 2.45) is 0 Å². The Bertz CT molecular complexity index is 922. The van der Waals surface area contributed by atoms with Crippen LogP contribution in [0.15, 0.2) is 60.9 Å². The van der Waals surface area contributed by atoms with Crippen LogP contribution in [0, 0.1) is 5.82 Å². The van der Waals surface area contributed by atoms with Gasteiger partial charge in [0.2, 0.25) is 0 Å². The van der Waals surface area contributed by atoms with Gasteiger partial charge in [-0.05, 0) is 36.4 Å². The smallest absolute Gasteiger partial charge is 0.307 e. The number of pyridine rings is 2. The summed E-state index contributed by atoms with van der Waals surface area (Å²) in [5.74, 6) is -1.05. The molecule has 0 radical (unpaired) electrons. The molecule has 4 nitrogen and oxygen atoms in total. The average molecular weight is 361 g/mol. The van der Waals surface area contributed by atoms with Gasteiger partial charge in [0.15, 0.2) is 0 Å². The molecule has 132 valence electrons. The number of alkyl halides is 3. The van der Waals surface area contributed by atoms with E-state index in [9.17, 15) is 22.4 Å². The minimum Gasteiger partial charge on any atom is -0.307 e. The zero-order valence-corrected chi connectivity index (χ0v) is 13.1. The number of amides is 1. The molecule has 26 heavy (non-hydrogen) atoms. The lowest BCUT2D eigenvalue weighted by Gasteiger charge is -2.08. The maximum atomic E-state index is 13.7. The maximum Gasteiger partial charge on any atom is 0.417 e. The third-order valence-electron chi connectivity index (χ3n) is 3.51. The number of hydrogen-bond donors (Lipinski definition) is 1. The standard InChI is InChI=1S/C18H11F4N3O/c19-14-2-1-9-23-16(14)11-3-5-12(6-4-11)17(26)25-15-8-7-13(10-24-15)18(20,21)22/h1-10H,(H,24,25,26). The van der Waals surface area contributed by atoms with Crippen molar-refractivity contribution in [3.8, 4) is 11.3 Å². The van der Waals surface area contributed by atoms with Crippen molar-refractivity contribution in [3.05, 3.63) is 77.9 Å². The van der Waals surface area contributed by atoms with Crippen molar-refractivity contribution in [2.45, 2.75) is 6.18 Å². The molecule has 0 aliphatic rings. The average Bonchev–Trinajstić information content (AvgIpc) is 2.62. The predicted octanol–water partition coefficient (Wildman–Crippen LogP) is 4.55. The van der Waals surface area contributed by atoms with Crippen molar-refractivity contribution < 1.29 is 22.4 Å². The van der Waals surface area contributed by atoms with Crippen molar-refractivity contribution >= 4 is 11.7 Å². The zero-order chi connectivity index (χ0) is 18.7. The van der Waals surface area contributed by atoms with Crippen LogP contribution in [0.2, 0.25) is 0 Å². The molecule has 0 unspecified atom stereocenters. The second kappa shape index (κ2) is 6.91. The van der Waals surface area contributed by atoms with Gasteiger partial charge in [-0.1, -0.05) is 12.1 Å². The van der Waals surface area contributed by atoms with Gasteiger partial charge in [-0.25, -0.2) is 9.37 Å². The van der Waals surface area contributed by atoms with Gasteiger partial charge in [-0.15, -0.1) is 0 Å². The Balaban J connectivity index is 1.73. The second-order valence-electron chi connectivity index (χ2n) is 5.30. The van der Waals surface area contributed by atoms with E-state index in [1.165, 1.54) is 42.6 Å². The van der Waals surface area contributed by atoms with Gasteiger partial charge in [0.1, 0.15) is 17.3 Å². The van der Waals surface area contributed by atoms with Gasteiger partial charge in [-0.3, -0.25) is 9.78 Å². The number of halogens is 4. The molecule has 3 aromatic rings. The van der Waals surface area contributed by atoms with Crippen molar-refractivity contribution in [1.82, 2.24) is 9.97 Å². The Morgan fingerprint density at radius 3 is 2.27 bits per heavy atom. The number of nitrogens with one attached hydrogen (secondary N) is 1. The topological polar surface area (TPSA) is 54.9 Å². The number of carbonyl (C=O) groups excluding carboxylic acids is 1. The van der Waals surface area contributed by atoms with Crippen LogP contribution in [-0.2, 0) is 6.18 Å². The van der Waals surface area contributed by atoms with Crippen LogP contribution in [0.1, 0.15) is 15.9 Å². The van der Waals surface area contributed by atoms with Crippen molar-refractivity contribution in [3.63, 3.8) is 0 Å². The molecule has 1 aromatic carbocycles. The lowest BCUT2D eigenvalue weighted by molar-refractivity contribution is -0.137. The fourth-order valence-corrected chi connectivity index (χ4v) is 2.20. The number of nitrogens with zero attached hydrogens (tertiary/aromatic N) is 2. The van der Waals surface area contributed by atoms with Gasteiger partial charge >= 0.3 is 6.18 Å². The molecular formula is C18H11F4N3O. The van der Waals surface area contributed by atoms with E-state index in [4.69, 9.17) is 0 Å². The van der Waals surface area contributed by atoms with Crippen LogP contribution < -0.4 is 5.32 Å². The third kappa shape index (κ3) is 3.85. The molecule has 0 spiro atoms. The van der Waals surface area contributed by atoms with E-state index in [0.29, 0.717) is 11.8 Å². The van der Waals surface area contributed by atoms with Crippen LogP contribution in [-0.4, -0.2) is 15.9 Å². The molecule has 0 saturated carbocycles. The normalized spacial score (nSPS) is 11.2. The molecule has 1 N–H and O–H groups in total. The van der Waals surface area contributed by atoms with Crippen LogP contribution in [0.4, 0.5) is 23.4 Å². The first-order chi connectivity index (χ1) is 12.3. The number of aromatic nitrogens is 2. The van der Waals surface area contributed by atoms with E-state index in [1.807, 2.05) is 0 Å². The summed E-state index contributed by atoms with van der Waals surface area (Å²) in [6, 6.07) is 10.6. The number of anilines is 1. The highest BCUT2D eigenvalue weighted by Crippen LogP contribution is 2.29. The second-order valence-corrected chi connectivity index (χ2v) is 5.30. The Morgan fingerprint density at radius 1 is 0.962 bits per heavy atom. The fourth-order valence-electron chi connectivity index (χ4n) is 2.20. The molecule has 8 heteroatoms. The van der Waals surface area contributed by atoms with Crippen LogP contribution in [0.5, 0.6) is 0 Å². The number of benzene rings is 1. The highest BCUT2D eigenvalue weighted by Gasteiger charge is 2.30. The van der Waals surface area contributed by atoms with E-state index in [1.54, 1.807) is 0 Å². The number of carbonyl (C=O) groups is 1. The van der Waals surface area contributed by atoms with Crippen molar-refractivity contribution in [2.75, 3.05) is 5.32 Å². The Morgan fingerprint density at radius 2 is 1.69 bits per heavy atom. The molecule has 1 amide bonds. The molecule has 0 aliphatic carbocycles. The molecule has 0 atom stereocenters. The largest absolute Gasteiger partial charge is 0.417 e. The van der Waals surface area contributed by atoms with Crippen LogP contribution in [0.25, 0.3) is 11.3 Å². The Hall–Kier alpha value is -3.29. The van der Waals surface area contributed by atoms with Gasteiger partial charge in [0.25, 0.3) is 5.91 Å². The first-order valence-corrected chi connectivity index (χ1v) is 7.40.